The molecule has 3 rings (SSSR count). The fourth-order valence-electron chi connectivity index (χ4n) is 2.49. The molecule has 0 fully saturated rings. The van der Waals surface area contributed by atoms with Gasteiger partial charge in [0.1, 0.15) is 19.0 Å². The van der Waals surface area contributed by atoms with Crippen LogP contribution >= 0.6 is 15.9 Å². The minimum atomic E-state index is -0.554. The molecular formula is C19H20BrNO4. The van der Waals surface area contributed by atoms with Gasteiger partial charge in [0, 0.05) is 11.0 Å². The molecule has 132 valence electrons. The number of hydrogen-bond acceptors (Lipinski definition) is 4. The highest BCUT2D eigenvalue weighted by Gasteiger charge is 2.15. The first-order valence-corrected chi connectivity index (χ1v) is 8.99. The average Bonchev–Trinajstić information content (AvgIpc) is 2.63. The Kier molecular flexibility index (Phi) is 5.81. The van der Waals surface area contributed by atoms with Gasteiger partial charge in [-0.1, -0.05) is 22.0 Å². The number of halogens is 1. The molecule has 25 heavy (non-hydrogen) atoms. The zero-order valence-corrected chi connectivity index (χ0v) is 15.5. The number of rotatable bonds is 6. The van der Waals surface area contributed by atoms with Crippen LogP contribution < -0.4 is 19.5 Å². The Bertz CT molecular complexity index is 733. The Balaban J connectivity index is 1.46. The summed E-state index contributed by atoms with van der Waals surface area (Å²) in [6.45, 7) is 3.42. The van der Waals surface area contributed by atoms with Crippen molar-refractivity contribution < 1.29 is 19.0 Å². The maximum absolute atomic E-state index is 12.1. The van der Waals surface area contributed by atoms with Crippen molar-refractivity contribution in [1.82, 2.24) is 5.32 Å². The zero-order chi connectivity index (χ0) is 17.6. The van der Waals surface area contributed by atoms with Crippen LogP contribution in [0.2, 0.25) is 0 Å². The van der Waals surface area contributed by atoms with E-state index in [1.165, 1.54) is 0 Å². The summed E-state index contributed by atoms with van der Waals surface area (Å²) in [5.74, 6) is 2.07. The molecule has 6 heteroatoms. The highest BCUT2D eigenvalue weighted by Crippen LogP contribution is 2.30. The summed E-state index contributed by atoms with van der Waals surface area (Å²) in [6, 6.07) is 13.3. The van der Waals surface area contributed by atoms with E-state index in [9.17, 15) is 4.79 Å². The Morgan fingerprint density at radius 3 is 2.64 bits per heavy atom. The van der Waals surface area contributed by atoms with Crippen molar-refractivity contribution in [3.63, 3.8) is 0 Å². The van der Waals surface area contributed by atoms with Crippen molar-refractivity contribution >= 4 is 21.8 Å². The molecule has 5 nitrogen and oxygen atoms in total. The summed E-state index contributed by atoms with van der Waals surface area (Å²) in [5.41, 5.74) is 1.09. The largest absolute Gasteiger partial charge is 0.486 e. The molecule has 0 saturated heterocycles. The monoisotopic (exact) mass is 405 g/mol. The fraction of sp³-hybridized carbons (Fsp3) is 0.316. The van der Waals surface area contributed by atoms with E-state index < -0.39 is 6.10 Å². The zero-order valence-electron chi connectivity index (χ0n) is 14.0. The van der Waals surface area contributed by atoms with Crippen LogP contribution in [0.5, 0.6) is 17.2 Å². The molecule has 1 heterocycles. The van der Waals surface area contributed by atoms with Gasteiger partial charge in [0.05, 0.1) is 0 Å². The number of benzene rings is 2. The minimum absolute atomic E-state index is 0.138. The van der Waals surface area contributed by atoms with Crippen LogP contribution in [0, 0.1) is 0 Å². The normalized spacial score (nSPS) is 13.8. The highest BCUT2D eigenvalue weighted by atomic mass is 79.9. The third kappa shape index (κ3) is 4.89. The summed E-state index contributed by atoms with van der Waals surface area (Å²) in [5, 5.41) is 2.90. The maximum atomic E-state index is 12.1. The second kappa shape index (κ2) is 8.25. The molecule has 0 aromatic heterocycles. The molecule has 1 unspecified atom stereocenters. The molecule has 1 aliphatic heterocycles. The maximum Gasteiger partial charge on any atom is 0.260 e. The quantitative estimate of drug-likeness (QED) is 0.800. The smallest absolute Gasteiger partial charge is 0.260 e. The summed E-state index contributed by atoms with van der Waals surface area (Å²) < 4.78 is 17.7. The van der Waals surface area contributed by atoms with Gasteiger partial charge < -0.3 is 19.5 Å². The molecular weight excluding hydrogens is 386 g/mol. The summed E-state index contributed by atoms with van der Waals surface area (Å²) in [7, 11) is 0. The number of hydrogen-bond donors (Lipinski definition) is 1. The van der Waals surface area contributed by atoms with E-state index in [4.69, 9.17) is 14.2 Å². The molecule has 1 atom stereocenters. The van der Waals surface area contributed by atoms with Gasteiger partial charge in [-0.05, 0) is 55.3 Å². The van der Waals surface area contributed by atoms with Crippen molar-refractivity contribution in [3.05, 3.63) is 52.5 Å². The second-order valence-electron chi connectivity index (χ2n) is 5.73. The SMILES string of the molecule is CC(Oc1ccc(Br)cc1)C(=O)NCCc1ccc2c(c1)OCCO2. The van der Waals surface area contributed by atoms with Gasteiger partial charge in [0.25, 0.3) is 5.91 Å². The lowest BCUT2D eigenvalue weighted by atomic mass is 10.1. The molecule has 1 amide bonds. The number of carbonyl (C=O) groups excluding carboxylic acids is 1. The summed E-state index contributed by atoms with van der Waals surface area (Å²) in [6.07, 6.45) is 0.161. The molecule has 2 aromatic rings. The fourth-order valence-corrected chi connectivity index (χ4v) is 2.75. The highest BCUT2D eigenvalue weighted by molar-refractivity contribution is 9.10. The topological polar surface area (TPSA) is 56.8 Å². The van der Waals surface area contributed by atoms with E-state index in [-0.39, 0.29) is 5.91 Å². The molecule has 0 radical (unpaired) electrons. The first kappa shape index (κ1) is 17.6. The van der Waals surface area contributed by atoms with E-state index >= 15 is 0 Å². The van der Waals surface area contributed by atoms with Crippen molar-refractivity contribution in [1.29, 1.82) is 0 Å². The Morgan fingerprint density at radius 1 is 1.16 bits per heavy atom. The van der Waals surface area contributed by atoms with Crippen LogP contribution in [0.3, 0.4) is 0 Å². The van der Waals surface area contributed by atoms with Crippen LogP contribution in [-0.4, -0.2) is 31.8 Å². The van der Waals surface area contributed by atoms with Crippen LogP contribution in [0.4, 0.5) is 0 Å². The van der Waals surface area contributed by atoms with Crippen LogP contribution in [0.1, 0.15) is 12.5 Å². The van der Waals surface area contributed by atoms with Crippen LogP contribution in [0.25, 0.3) is 0 Å². The van der Waals surface area contributed by atoms with E-state index in [0.717, 1.165) is 21.5 Å². The van der Waals surface area contributed by atoms with Gasteiger partial charge in [-0.15, -0.1) is 0 Å². The predicted molar refractivity (Wildman–Crippen MR) is 98.4 cm³/mol. The lowest BCUT2D eigenvalue weighted by Gasteiger charge is -2.19. The second-order valence-corrected chi connectivity index (χ2v) is 6.65. The van der Waals surface area contributed by atoms with Gasteiger partial charge in [-0.25, -0.2) is 0 Å². The third-order valence-corrected chi connectivity index (χ3v) is 4.34. The van der Waals surface area contributed by atoms with Crippen molar-refractivity contribution in [2.24, 2.45) is 0 Å². The van der Waals surface area contributed by atoms with Gasteiger partial charge in [0.15, 0.2) is 17.6 Å². The van der Waals surface area contributed by atoms with E-state index in [2.05, 4.69) is 21.2 Å². The lowest BCUT2D eigenvalue weighted by molar-refractivity contribution is -0.127. The average molecular weight is 406 g/mol. The van der Waals surface area contributed by atoms with Crippen molar-refractivity contribution in [3.8, 4) is 17.2 Å². The van der Waals surface area contributed by atoms with E-state index in [0.29, 0.717) is 31.9 Å². The molecule has 0 saturated carbocycles. The van der Waals surface area contributed by atoms with Crippen molar-refractivity contribution in [2.45, 2.75) is 19.4 Å². The number of carbonyl (C=O) groups is 1. The van der Waals surface area contributed by atoms with Crippen molar-refractivity contribution in [2.75, 3.05) is 19.8 Å². The lowest BCUT2D eigenvalue weighted by Crippen LogP contribution is -2.37. The van der Waals surface area contributed by atoms with Gasteiger partial charge in [-0.2, -0.15) is 0 Å². The van der Waals surface area contributed by atoms with Gasteiger partial charge in [0.2, 0.25) is 0 Å². The molecule has 0 aliphatic carbocycles. The Labute approximate surface area is 155 Å². The number of ether oxygens (including phenoxy) is 3. The van der Waals surface area contributed by atoms with Gasteiger partial charge in [-0.3, -0.25) is 4.79 Å². The molecule has 2 aromatic carbocycles. The third-order valence-electron chi connectivity index (χ3n) is 3.82. The molecule has 0 spiro atoms. The molecule has 0 bridgehead atoms. The van der Waals surface area contributed by atoms with Crippen LogP contribution in [0.15, 0.2) is 46.9 Å². The Morgan fingerprint density at radius 2 is 1.88 bits per heavy atom. The number of nitrogens with one attached hydrogen (secondary N) is 1. The Hall–Kier alpha value is -2.21. The molecule has 1 N–H and O–H groups in total. The minimum Gasteiger partial charge on any atom is -0.486 e. The standard InChI is InChI=1S/C19H20BrNO4/c1-13(25-16-5-3-15(20)4-6-16)19(22)21-9-8-14-2-7-17-18(12-14)24-11-10-23-17/h2-7,12-13H,8-11H2,1H3,(H,21,22). The predicted octanol–water partition coefficient (Wildman–Crippen LogP) is 3.35. The number of amides is 1. The molecule has 1 aliphatic rings. The van der Waals surface area contributed by atoms with Gasteiger partial charge >= 0.3 is 0 Å². The van der Waals surface area contributed by atoms with Crippen LogP contribution in [-0.2, 0) is 11.2 Å². The first-order chi connectivity index (χ1) is 12.1. The summed E-state index contributed by atoms with van der Waals surface area (Å²) >= 11 is 3.37. The van der Waals surface area contributed by atoms with E-state index in [1.807, 2.05) is 42.5 Å². The first-order valence-electron chi connectivity index (χ1n) is 8.20. The summed E-state index contributed by atoms with van der Waals surface area (Å²) in [4.78, 5) is 12.1. The number of fused-ring (bicyclic) bond motifs is 1. The van der Waals surface area contributed by atoms with E-state index in [1.54, 1.807) is 6.92 Å².